The number of aryl methyl sites for hydroxylation is 1. The van der Waals surface area contributed by atoms with Gasteiger partial charge in [-0.15, -0.1) is 0 Å². The first-order valence-corrected chi connectivity index (χ1v) is 6.05. The average Bonchev–Trinajstić information content (AvgIpc) is 2.18. The van der Waals surface area contributed by atoms with Gasteiger partial charge in [-0.05, 0) is 31.1 Å². The molecule has 0 saturated heterocycles. The van der Waals surface area contributed by atoms with Gasteiger partial charge in [-0.1, -0.05) is 30.3 Å². The Kier molecular flexibility index (Phi) is 5.38. The van der Waals surface area contributed by atoms with Crippen molar-refractivity contribution in [1.29, 1.82) is 0 Å². The average molecular weight is 208 g/mol. The van der Waals surface area contributed by atoms with Gasteiger partial charge in [0.05, 0.1) is 5.75 Å². The summed E-state index contributed by atoms with van der Waals surface area (Å²) in [6.07, 6.45) is 2.27. The Morgan fingerprint density at radius 3 is 2.64 bits per heavy atom. The Hall–Kier alpha value is -0.760. The van der Waals surface area contributed by atoms with E-state index in [2.05, 4.69) is 24.3 Å². The lowest BCUT2D eigenvalue weighted by Gasteiger charge is -2.00. The third kappa shape index (κ3) is 5.07. The van der Waals surface area contributed by atoms with Crippen molar-refractivity contribution in [2.45, 2.75) is 19.8 Å². The Morgan fingerprint density at radius 1 is 1.29 bits per heavy atom. The van der Waals surface area contributed by atoms with Crippen LogP contribution in [0.5, 0.6) is 0 Å². The van der Waals surface area contributed by atoms with E-state index in [9.17, 15) is 4.79 Å². The molecule has 0 aliphatic heterocycles. The lowest BCUT2D eigenvalue weighted by atomic mass is 10.1. The van der Waals surface area contributed by atoms with Crippen LogP contribution in [0.25, 0.3) is 0 Å². The molecule has 0 aliphatic carbocycles. The molecular formula is C12H16OS. The van der Waals surface area contributed by atoms with Crippen LogP contribution in [0.1, 0.15) is 18.9 Å². The molecule has 0 aromatic heterocycles. The zero-order valence-corrected chi connectivity index (χ0v) is 9.35. The van der Waals surface area contributed by atoms with Crippen molar-refractivity contribution in [3.8, 4) is 0 Å². The summed E-state index contributed by atoms with van der Waals surface area (Å²) in [5.74, 6) is 2.01. The number of thioether (sulfide) groups is 1. The van der Waals surface area contributed by atoms with E-state index >= 15 is 0 Å². The van der Waals surface area contributed by atoms with E-state index in [1.807, 2.05) is 6.07 Å². The molecule has 2 heteroatoms. The molecule has 0 radical (unpaired) electrons. The minimum atomic E-state index is 0.273. The molecule has 0 fully saturated rings. The van der Waals surface area contributed by atoms with Gasteiger partial charge in [0.15, 0.2) is 0 Å². The second-order valence-corrected chi connectivity index (χ2v) is 4.45. The second kappa shape index (κ2) is 6.66. The third-order valence-corrected chi connectivity index (χ3v) is 3.09. The van der Waals surface area contributed by atoms with Crippen molar-refractivity contribution < 1.29 is 4.79 Å². The summed E-state index contributed by atoms with van der Waals surface area (Å²) >= 11 is 1.73. The molecule has 0 atom stereocenters. The Labute approximate surface area is 89.9 Å². The topological polar surface area (TPSA) is 17.1 Å². The van der Waals surface area contributed by atoms with Crippen molar-refractivity contribution in [3.63, 3.8) is 0 Å². The van der Waals surface area contributed by atoms with Crippen LogP contribution in [0.3, 0.4) is 0 Å². The largest absolute Gasteiger partial charge is 0.299 e. The highest BCUT2D eigenvalue weighted by atomic mass is 32.2. The zero-order valence-electron chi connectivity index (χ0n) is 8.53. The van der Waals surface area contributed by atoms with Crippen LogP contribution in [0.15, 0.2) is 30.3 Å². The molecule has 1 rings (SSSR count). The summed E-state index contributed by atoms with van der Waals surface area (Å²) in [5.41, 5.74) is 1.39. The first kappa shape index (κ1) is 11.3. The fraction of sp³-hybridized carbons (Fsp3) is 0.417. The van der Waals surface area contributed by atoms with Crippen LogP contribution in [-0.4, -0.2) is 17.3 Å². The van der Waals surface area contributed by atoms with Crippen LogP contribution in [0, 0.1) is 0 Å². The number of hydrogen-bond donors (Lipinski definition) is 0. The number of Topliss-reactive ketones (excluding diaryl/α,β-unsaturated/α-hetero) is 1. The maximum absolute atomic E-state index is 10.7. The lowest BCUT2D eigenvalue weighted by Crippen LogP contribution is -1.95. The second-order valence-electron chi connectivity index (χ2n) is 3.34. The molecular weight excluding hydrogens is 192 g/mol. The van der Waals surface area contributed by atoms with Crippen molar-refractivity contribution in [2.24, 2.45) is 0 Å². The van der Waals surface area contributed by atoms with Gasteiger partial charge in [0, 0.05) is 0 Å². The minimum absolute atomic E-state index is 0.273. The number of carbonyl (C=O) groups is 1. The summed E-state index contributed by atoms with van der Waals surface area (Å²) in [4.78, 5) is 10.7. The maximum Gasteiger partial charge on any atom is 0.139 e. The summed E-state index contributed by atoms with van der Waals surface area (Å²) in [5, 5.41) is 0. The highest BCUT2D eigenvalue weighted by molar-refractivity contribution is 7.99. The number of rotatable bonds is 6. The molecule has 0 N–H and O–H groups in total. The van der Waals surface area contributed by atoms with Crippen LogP contribution < -0.4 is 0 Å². The van der Waals surface area contributed by atoms with E-state index in [1.165, 1.54) is 5.56 Å². The molecule has 14 heavy (non-hydrogen) atoms. The molecule has 0 heterocycles. The Morgan fingerprint density at radius 2 is 2.00 bits per heavy atom. The summed E-state index contributed by atoms with van der Waals surface area (Å²) in [6.45, 7) is 1.64. The van der Waals surface area contributed by atoms with E-state index in [1.54, 1.807) is 18.7 Å². The smallest absolute Gasteiger partial charge is 0.139 e. The number of ketones is 1. The summed E-state index contributed by atoms with van der Waals surface area (Å²) < 4.78 is 0. The van der Waals surface area contributed by atoms with Gasteiger partial charge in [-0.25, -0.2) is 0 Å². The summed E-state index contributed by atoms with van der Waals surface area (Å²) in [6, 6.07) is 10.5. The van der Waals surface area contributed by atoms with Gasteiger partial charge >= 0.3 is 0 Å². The predicted molar refractivity (Wildman–Crippen MR) is 62.8 cm³/mol. The molecule has 1 nitrogen and oxygen atoms in total. The normalized spacial score (nSPS) is 10.1. The van der Waals surface area contributed by atoms with Crippen LogP contribution >= 0.6 is 11.8 Å². The van der Waals surface area contributed by atoms with Crippen molar-refractivity contribution in [3.05, 3.63) is 35.9 Å². The lowest BCUT2D eigenvalue weighted by molar-refractivity contribution is -0.114. The molecule has 1 aromatic carbocycles. The molecule has 0 aliphatic rings. The quantitative estimate of drug-likeness (QED) is 0.669. The molecule has 76 valence electrons. The highest BCUT2D eigenvalue weighted by Gasteiger charge is 1.95. The molecule has 0 bridgehead atoms. The molecule has 1 aromatic rings. The molecule has 0 unspecified atom stereocenters. The van der Waals surface area contributed by atoms with Crippen LogP contribution in [0.2, 0.25) is 0 Å². The first-order chi connectivity index (χ1) is 6.79. The van der Waals surface area contributed by atoms with Crippen molar-refractivity contribution in [1.82, 2.24) is 0 Å². The standard InChI is InChI=1S/C12H16OS/c1-11(13)10-14-9-5-8-12-6-3-2-4-7-12/h2-4,6-7H,5,8-10H2,1H3. The van der Waals surface area contributed by atoms with Gasteiger partial charge in [0.1, 0.15) is 5.78 Å². The van der Waals surface area contributed by atoms with E-state index in [-0.39, 0.29) is 5.78 Å². The van der Waals surface area contributed by atoms with E-state index in [4.69, 9.17) is 0 Å². The van der Waals surface area contributed by atoms with Gasteiger partial charge in [-0.3, -0.25) is 4.79 Å². The van der Waals surface area contributed by atoms with Gasteiger partial charge in [0.25, 0.3) is 0 Å². The molecule has 0 amide bonds. The monoisotopic (exact) mass is 208 g/mol. The molecule has 0 spiro atoms. The van der Waals surface area contributed by atoms with Gasteiger partial charge < -0.3 is 0 Å². The number of hydrogen-bond acceptors (Lipinski definition) is 2. The number of carbonyl (C=O) groups excluding carboxylic acids is 1. The minimum Gasteiger partial charge on any atom is -0.299 e. The van der Waals surface area contributed by atoms with Crippen molar-refractivity contribution in [2.75, 3.05) is 11.5 Å². The summed E-state index contributed by atoms with van der Waals surface area (Å²) in [7, 11) is 0. The van der Waals surface area contributed by atoms with E-state index < -0.39 is 0 Å². The molecule has 0 saturated carbocycles. The Balaban J connectivity index is 2.08. The fourth-order valence-electron chi connectivity index (χ4n) is 1.24. The van der Waals surface area contributed by atoms with Crippen LogP contribution in [-0.2, 0) is 11.2 Å². The van der Waals surface area contributed by atoms with Crippen LogP contribution in [0.4, 0.5) is 0 Å². The fourth-order valence-corrected chi connectivity index (χ4v) is 2.02. The van der Waals surface area contributed by atoms with Gasteiger partial charge in [-0.2, -0.15) is 11.8 Å². The van der Waals surface area contributed by atoms with E-state index in [0.29, 0.717) is 5.75 Å². The Bertz CT molecular complexity index is 269. The van der Waals surface area contributed by atoms with E-state index in [0.717, 1.165) is 18.6 Å². The number of benzene rings is 1. The predicted octanol–water partition coefficient (Wildman–Crippen LogP) is 2.94. The maximum atomic E-state index is 10.7. The van der Waals surface area contributed by atoms with Gasteiger partial charge in [0.2, 0.25) is 0 Å². The van der Waals surface area contributed by atoms with Crippen molar-refractivity contribution >= 4 is 17.5 Å². The zero-order chi connectivity index (χ0) is 10.2. The highest BCUT2D eigenvalue weighted by Crippen LogP contribution is 2.07. The SMILES string of the molecule is CC(=O)CSCCCc1ccccc1. The first-order valence-electron chi connectivity index (χ1n) is 4.90. The third-order valence-electron chi connectivity index (χ3n) is 1.90.